The van der Waals surface area contributed by atoms with E-state index in [9.17, 15) is 4.79 Å². The van der Waals surface area contributed by atoms with E-state index < -0.39 is 0 Å². The third kappa shape index (κ3) is 3.20. The molecule has 0 saturated heterocycles. The van der Waals surface area contributed by atoms with Gasteiger partial charge in [-0.25, -0.2) is 0 Å². The summed E-state index contributed by atoms with van der Waals surface area (Å²) in [5, 5.41) is 0. The molecule has 0 aliphatic rings. The number of aryl methyl sites for hydroxylation is 1. The van der Waals surface area contributed by atoms with Crippen LogP contribution < -0.4 is 0 Å². The molecule has 0 aliphatic carbocycles. The third-order valence-corrected chi connectivity index (χ3v) is 1.95. The van der Waals surface area contributed by atoms with Gasteiger partial charge >= 0.3 is 0 Å². The van der Waals surface area contributed by atoms with Crippen molar-refractivity contribution in [2.24, 2.45) is 0 Å². The Balaban J connectivity index is 2.95. The van der Waals surface area contributed by atoms with E-state index in [0.717, 1.165) is 5.56 Å². The number of aromatic nitrogens is 1. The Morgan fingerprint density at radius 2 is 2.07 bits per heavy atom. The summed E-state index contributed by atoms with van der Waals surface area (Å²) in [5.41, 5.74) is 2.36. The average Bonchev–Trinajstić information content (AvgIpc) is 2.15. The Morgan fingerprint density at radius 3 is 2.60 bits per heavy atom. The first kappa shape index (κ1) is 11.4. The highest BCUT2D eigenvalue weighted by atomic mass is 16.1. The zero-order valence-corrected chi connectivity index (χ0v) is 9.61. The lowest BCUT2D eigenvalue weighted by Crippen LogP contribution is -2.08. The van der Waals surface area contributed by atoms with Crippen LogP contribution in [0.25, 0.3) is 0 Å². The minimum Gasteiger partial charge on any atom is -0.383 e. The van der Waals surface area contributed by atoms with Crippen LogP contribution >= 0.6 is 0 Å². The van der Waals surface area contributed by atoms with Gasteiger partial charge in [0.2, 0.25) is 0 Å². The molecule has 0 amide bonds. The molecule has 1 aromatic rings. The molecule has 0 aromatic carbocycles. The quantitative estimate of drug-likeness (QED) is 0.558. The SMILES string of the molecule is CC(=CN(C)C)C(=O)c1cncc(C)c1. The fourth-order valence-corrected chi connectivity index (χ4v) is 1.35. The molecule has 0 N–H and O–H groups in total. The molecule has 3 nitrogen and oxygen atoms in total. The van der Waals surface area contributed by atoms with Crippen LogP contribution in [-0.4, -0.2) is 29.8 Å². The lowest BCUT2D eigenvalue weighted by Gasteiger charge is -2.07. The van der Waals surface area contributed by atoms with E-state index in [1.807, 2.05) is 45.1 Å². The summed E-state index contributed by atoms with van der Waals surface area (Å²) < 4.78 is 0. The third-order valence-electron chi connectivity index (χ3n) is 1.95. The molecule has 1 rings (SSSR count). The van der Waals surface area contributed by atoms with Crippen molar-refractivity contribution in [3.8, 4) is 0 Å². The van der Waals surface area contributed by atoms with Crippen LogP contribution in [0.3, 0.4) is 0 Å². The maximum atomic E-state index is 11.9. The molecule has 0 unspecified atom stereocenters. The predicted molar refractivity (Wildman–Crippen MR) is 60.7 cm³/mol. The summed E-state index contributed by atoms with van der Waals surface area (Å²) in [5.74, 6) is 0.0277. The van der Waals surface area contributed by atoms with Crippen LogP contribution in [0.15, 0.2) is 30.2 Å². The molecule has 15 heavy (non-hydrogen) atoms. The number of allylic oxidation sites excluding steroid dienone is 1. The van der Waals surface area contributed by atoms with E-state index in [4.69, 9.17) is 0 Å². The zero-order chi connectivity index (χ0) is 11.4. The molecule has 0 atom stereocenters. The fraction of sp³-hybridized carbons (Fsp3) is 0.333. The summed E-state index contributed by atoms with van der Waals surface area (Å²) in [6.45, 7) is 3.74. The van der Waals surface area contributed by atoms with Crippen LogP contribution in [0.1, 0.15) is 22.8 Å². The van der Waals surface area contributed by atoms with Gasteiger partial charge < -0.3 is 4.90 Å². The van der Waals surface area contributed by atoms with Gasteiger partial charge in [-0.3, -0.25) is 9.78 Å². The molecule has 0 radical (unpaired) electrons. The molecule has 80 valence electrons. The minimum atomic E-state index is 0.0277. The lowest BCUT2D eigenvalue weighted by atomic mass is 10.1. The van der Waals surface area contributed by atoms with Gasteiger partial charge in [0.1, 0.15) is 0 Å². The second-order valence-corrected chi connectivity index (χ2v) is 3.86. The highest BCUT2D eigenvalue weighted by molar-refractivity contribution is 6.08. The van der Waals surface area contributed by atoms with Gasteiger partial charge in [-0.2, -0.15) is 0 Å². The molecule has 3 heteroatoms. The molecule has 1 aromatic heterocycles. The number of Topliss-reactive ketones (excluding diaryl/α,β-unsaturated/α-hetero) is 1. The largest absolute Gasteiger partial charge is 0.383 e. The molecular weight excluding hydrogens is 188 g/mol. The van der Waals surface area contributed by atoms with Crippen molar-refractivity contribution in [3.05, 3.63) is 41.4 Å². The Bertz CT molecular complexity index is 394. The van der Waals surface area contributed by atoms with Gasteiger partial charge in [-0.15, -0.1) is 0 Å². The topological polar surface area (TPSA) is 33.2 Å². The van der Waals surface area contributed by atoms with Crippen molar-refractivity contribution >= 4 is 5.78 Å². The normalized spacial score (nSPS) is 11.3. The van der Waals surface area contributed by atoms with Crippen LogP contribution in [0, 0.1) is 6.92 Å². The molecule has 0 saturated carbocycles. The van der Waals surface area contributed by atoms with Crippen molar-refractivity contribution in [2.75, 3.05) is 14.1 Å². The van der Waals surface area contributed by atoms with E-state index >= 15 is 0 Å². The van der Waals surface area contributed by atoms with Gasteiger partial charge in [0.15, 0.2) is 5.78 Å². The van der Waals surface area contributed by atoms with E-state index in [-0.39, 0.29) is 5.78 Å². The van der Waals surface area contributed by atoms with E-state index in [1.165, 1.54) is 0 Å². The molecular formula is C12H16N2O. The van der Waals surface area contributed by atoms with Crippen molar-refractivity contribution in [1.29, 1.82) is 0 Å². The Morgan fingerprint density at radius 1 is 1.40 bits per heavy atom. The number of pyridine rings is 1. The Hall–Kier alpha value is -1.64. The number of hydrogen-bond donors (Lipinski definition) is 0. The van der Waals surface area contributed by atoms with Crippen LogP contribution in [0.5, 0.6) is 0 Å². The van der Waals surface area contributed by atoms with E-state index in [2.05, 4.69) is 4.98 Å². The zero-order valence-electron chi connectivity index (χ0n) is 9.61. The summed E-state index contributed by atoms with van der Waals surface area (Å²) in [6.07, 6.45) is 5.15. The molecule has 1 heterocycles. The Labute approximate surface area is 90.4 Å². The maximum absolute atomic E-state index is 11.9. The molecule has 0 aliphatic heterocycles. The van der Waals surface area contributed by atoms with Gasteiger partial charge in [-0.05, 0) is 25.5 Å². The van der Waals surface area contributed by atoms with Crippen molar-refractivity contribution in [1.82, 2.24) is 9.88 Å². The standard InChI is InChI=1S/C12H16N2O/c1-9-5-11(7-13-6-9)12(15)10(2)8-14(3)4/h5-8H,1-4H3. The number of rotatable bonds is 3. The summed E-state index contributed by atoms with van der Waals surface area (Å²) in [7, 11) is 3.79. The highest BCUT2D eigenvalue weighted by Crippen LogP contribution is 2.08. The highest BCUT2D eigenvalue weighted by Gasteiger charge is 2.08. The predicted octanol–water partition coefficient (Wildman–Crippen LogP) is 2.04. The number of carbonyl (C=O) groups is 1. The van der Waals surface area contributed by atoms with Crippen LogP contribution in [0.4, 0.5) is 0 Å². The minimum absolute atomic E-state index is 0.0277. The van der Waals surface area contributed by atoms with E-state index in [0.29, 0.717) is 11.1 Å². The molecule has 0 spiro atoms. The van der Waals surface area contributed by atoms with E-state index in [1.54, 1.807) is 12.4 Å². The summed E-state index contributed by atoms with van der Waals surface area (Å²) in [4.78, 5) is 17.8. The Kier molecular flexibility index (Phi) is 3.61. The van der Waals surface area contributed by atoms with Crippen molar-refractivity contribution in [2.45, 2.75) is 13.8 Å². The van der Waals surface area contributed by atoms with Gasteiger partial charge in [-0.1, -0.05) is 0 Å². The van der Waals surface area contributed by atoms with Gasteiger partial charge in [0, 0.05) is 43.8 Å². The van der Waals surface area contributed by atoms with Crippen LogP contribution in [0.2, 0.25) is 0 Å². The fourth-order valence-electron chi connectivity index (χ4n) is 1.35. The number of ketones is 1. The number of nitrogens with zero attached hydrogens (tertiary/aromatic N) is 2. The first-order valence-corrected chi connectivity index (χ1v) is 4.82. The average molecular weight is 204 g/mol. The second-order valence-electron chi connectivity index (χ2n) is 3.86. The van der Waals surface area contributed by atoms with Gasteiger partial charge in [0.05, 0.1) is 0 Å². The van der Waals surface area contributed by atoms with Gasteiger partial charge in [0.25, 0.3) is 0 Å². The summed E-state index contributed by atoms with van der Waals surface area (Å²) >= 11 is 0. The van der Waals surface area contributed by atoms with Crippen molar-refractivity contribution < 1.29 is 4.79 Å². The first-order chi connectivity index (χ1) is 7.00. The second kappa shape index (κ2) is 4.73. The number of carbonyl (C=O) groups excluding carboxylic acids is 1. The van der Waals surface area contributed by atoms with Crippen LogP contribution in [-0.2, 0) is 0 Å². The monoisotopic (exact) mass is 204 g/mol. The summed E-state index contributed by atoms with van der Waals surface area (Å²) in [6, 6.07) is 1.85. The maximum Gasteiger partial charge on any atom is 0.191 e. The lowest BCUT2D eigenvalue weighted by molar-refractivity contribution is 0.103. The molecule has 0 fully saturated rings. The molecule has 0 bridgehead atoms. The smallest absolute Gasteiger partial charge is 0.191 e. The first-order valence-electron chi connectivity index (χ1n) is 4.82. The van der Waals surface area contributed by atoms with Crippen molar-refractivity contribution in [3.63, 3.8) is 0 Å². The number of hydrogen-bond acceptors (Lipinski definition) is 3.